The summed E-state index contributed by atoms with van der Waals surface area (Å²) in [5, 5.41) is 4.41. The third-order valence-electron chi connectivity index (χ3n) is 2.64. The molecule has 0 saturated heterocycles. The van der Waals surface area contributed by atoms with Crippen LogP contribution in [0.2, 0.25) is 0 Å². The molecule has 3 nitrogen and oxygen atoms in total. The monoisotopic (exact) mass is 249 g/mol. The van der Waals surface area contributed by atoms with Crippen molar-refractivity contribution in [1.82, 2.24) is 15.3 Å². The SMILES string of the molecule is CCNC(C)CSc1nc2ccc(C)cc2[nH]1. The molecule has 92 valence electrons. The van der Waals surface area contributed by atoms with E-state index in [1.165, 1.54) is 5.56 Å². The Morgan fingerprint density at radius 2 is 2.29 bits per heavy atom. The van der Waals surface area contributed by atoms with E-state index in [1.807, 2.05) is 0 Å². The molecule has 2 N–H and O–H groups in total. The molecule has 17 heavy (non-hydrogen) atoms. The van der Waals surface area contributed by atoms with E-state index in [0.29, 0.717) is 6.04 Å². The number of aryl methyl sites for hydroxylation is 1. The summed E-state index contributed by atoms with van der Waals surface area (Å²) in [7, 11) is 0. The Morgan fingerprint density at radius 3 is 3.06 bits per heavy atom. The number of thioether (sulfide) groups is 1. The zero-order valence-corrected chi connectivity index (χ0v) is 11.4. The quantitative estimate of drug-likeness (QED) is 0.800. The highest BCUT2D eigenvalue weighted by atomic mass is 32.2. The second-order valence-corrected chi connectivity index (χ2v) is 5.34. The van der Waals surface area contributed by atoms with Crippen LogP contribution in [0, 0.1) is 6.92 Å². The molecule has 0 radical (unpaired) electrons. The van der Waals surface area contributed by atoms with Crippen molar-refractivity contribution < 1.29 is 0 Å². The van der Waals surface area contributed by atoms with E-state index in [1.54, 1.807) is 11.8 Å². The van der Waals surface area contributed by atoms with Gasteiger partial charge < -0.3 is 10.3 Å². The smallest absolute Gasteiger partial charge is 0.166 e. The highest BCUT2D eigenvalue weighted by molar-refractivity contribution is 7.99. The molecule has 0 aliphatic rings. The fourth-order valence-corrected chi connectivity index (χ4v) is 2.65. The number of rotatable bonds is 5. The van der Waals surface area contributed by atoms with Gasteiger partial charge in [0.05, 0.1) is 11.0 Å². The molecule has 4 heteroatoms. The molecule has 1 atom stereocenters. The van der Waals surface area contributed by atoms with E-state index >= 15 is 0 Å². The van der Waals surface area contributed by atoms with Crippen LogP contribution < -0.4 is 5.32 Å². The largest absolute Gasteiger partial charge is 0.333 e. The summed E-state index contributed by atoms with van der Waals surface area (Å²) in [6.45, 7) is 7.44. The molecular weight excluding hydrogens is 230 g/mol. The van der Waals surface area contributed by atoms with Crippen LogP contribution in [0.5, 0.6) is 0 Å². The summed E-state index contributed by atoms with van der Waals surface area (Å²) in [4.78, 5) is 7.92. The molecule has 2 aromatic rings. The number of aromatic amines is 1. The van der Waals surface area contributed by atoms with Crippen LogP contribution in [0.15, 0.2) is 23.4 Å². The van der Waals surface area contributed by atoms with Crippen LogP contribution in [0.1, 0.15) is 19.4 Å². The summed E-state index contributed by atoms with van der Waals surface area (Å²) in [5.74, 6) is 1.03. The topological polar surface area (TPSA) is 40.7 Å². The van der Waals surface area contributed by atoms with Gasteiger partial charge in [-0.25, -0.2) is 4.98 Å². The predicted molar refractivity (Wildman–Crippen MR) is 74.7 cm³/mol. The van der Waals surface area contributed by atoms with Crippen LogP contribution in [0.3, 0.4) is 0 Å². The third kappa shape index (κ3) is 3.23. The molecule has 2 rings (SSSR count). The zero-order valence-electron chi connectivity index (χ0n) is 10.6. The Hall–Kier alpha value is -1.00. The average molecular weight is 249 g/mol. The van der Waals surface area contributed by atoms with Crippen molar-refractivity contribution in [2.24, 2.45) is 0 Å². The first-order valence-corrected chi connectivity index (χ1v) is 7.00. The normalized spacial score (nSPS) is 13.1. The Kier molecular flexibility index (Phi) is 4.07. The van der Waals surface area contributed by atoms with Crippen molar-refractivity contribution in [3.05, 3.63) is 23.8 Å². The Bertz CT molecular complexity index is 492. The molecule has 0 bridgehead atoms. The van der Waals surface area contributed by atoms with Gasteiger partial charge >= 0.3 is 0 Å². The van der Waals surface area contributed by atoms with Gasteiger partial charge in [-0.2, -0.15) is 0 Å². The van der Waals surface area contributed by atoms with Gasteiger partial charge in [-0.1, -0.05) is 24.8 Å². The molecule has 1 aromatic carbocycles. The van der Waals surface area contributed by atoms with Crippen molar-refractivity contribution >= 4 is 22.8 Å². The summed E-state index contributed by atoms with van der Waals surface area (Å²) < 4.78 is 0. The van der Waals surface area contributed by atoms with Gasteiger partial charge in [0.25, 0.3) is 0 Å². The maximum atomic E-state index is 4.57. The van der Waals surface area contributed by atoms with Gasteiger partial charge in [0.2, 0.25) is 0 Å². The van der Waals surface area contributed by atoms with Crippen LogP contribution >= 0.6 is 11.8 Å². The fourth-order valence-electron chi connectivity index (χ4n) is 1.78. The van der Waals surface area contributed by atoms with E-state index in [-0.39, 0.29) is 0 Å². The number of benzene rings is 1. The van der Waals surface area contributed by atoms with Crippen LogP contribution in [-0.2, 0) is 0 Å². The highest BCUT2D eigenvalue weighted by Crippen LogP contribution is 2.20. The standard InChI is InChI=1S/C13H19N3S/c1-4-14-10(3)8-17-13-15-11-6-5-9(2)7-12(11)16-13/h5-7,10,14H,4,8H2,1-3H3,(H,15,16). The molecule has 0 amide bonds. The second-order valence-electron chi connectivity index (χ2n) is 4.33. The van der Waals surface area contributed by atoms with Crippen LogP contribution in [0.25, 0.3) is 11.0 Å². The zero-order chi connectivity index (χ0) is 12.3. The van der Waals surface area contributed by atoms with Crippen LogP contribution in [0.4, 0.5) is 0 Å². The first-order chi connectivity index (χ1) is 8.19. The molecule has 1 unspecified atom stereocenters. The number of fused-ring (bicyclic) bond motifs is 1. The molecule has 0 saturated carbocycles. The number of nitrogens with zero attached hydrogens (tertiary/aromatic N) is 1. The van der Waals surface area contributed by atoms with Crippen molar-refractivity contribution in [2.75, 3.05) is 12.3 Å². The fraction of sp³-hybridized carbons (Fsp3) is 0.462. The minimum atomic E-state index is 0.514. The molecule has 0 fully saturated rings. The number of H-pyrrole nitrogens is 1. The summed E-state index contributed by atoms with van der Waals surface area (Å²) >= 11 is 1.77. The van der Waals surface area contributed by atoms with E-state index in [4.69, 9.17) is 0 Å². The van der Waals surface area contributed by atoms with E-state index < -0.39 is 0 Å². The summed E-state index contributed by atoms with van der Waals surface area (Å²) in [6.07, 6.45) is 0. The first-order valence-electron chi connectivity index (χ1n) is 6.01. The second kappa shape index (κ2) is 5.56. The minimum absolute atomic E-state index is 0.514. The van der Waals surface area contributed by atoms with Gasteiger partial charge in [0.1, 0.15) is 0 Å². The first kappa shape index (κ1) is 12.5. The lowest BCUT2D eigenvalue weighted by Gasteiger charge is -2.09. The predicted octanol–water partition coefficient (Wildman–Crippen LogP) is 2.96. The number of hydrogen-bond acceptors (Lipinski definition) is 3. The number of nitrogens with one attached hydrogen (secondary N) is 2. The average Bonchev–Trinajstić information content (AvgIpc) is 2.68. The Balaban J connectivity index is 2.04. The van der Waals surface area contributed by atoms with Gasteiger partial charge in [-0.3, -0.25) is 0 Å². The van der Waals surface area contributed by atoms with Gasteiger partial charge in [-0.05, 0) is 38.1 Å². The van der Waals surface area contributed by atoms with Gasteiger partial charge in [0.15, 0.2) is 5.16 Å². The Morgan fingerprint density at radius 1 is 1.47 bits per heavy atom. The van der Waals surface area contributed by atoms with Gasteiger partial charge in [-0.15, -0.1) is 0 Å². The van der Waals surface area contributed by atoms with Crippen molar-refractivity contribution in [3.8, 4) is 0 Å². The lowest BCUT2D eigenvalue weighted by atomic mass is 10.2. The number of hydrogen-bond donors (Lipinski definition) is 2. The molecule has 1 heterocycles. The van der Waals surface area contributed by atoms with Crippen molar-refractivity contribution in [1.29, 1.82) is 0 Å². The number of imidazole rings is 1. The lowest BCUT2D eigenvalue weighted by molar-refractivity contribution is 0.620. The molecule has 0 aliphatic heterocycles. The lowest BCUT2D eigenvalue weighted by Crippen LogP contribution is -2.27. The van der Waals surface area contributed by atoms with Crippen molar-refractivity contribution in [3.63, 3.8) is 0 Å². The van der Waals surface area contributed by atoms with E-state index in [2.05, 4.69) is 54.3 Å². The maximum absolute atomic E-state index is 4.57. The molecule has 0 aliphatic carbocycles. The minimum Gasteiger partial charge on any atom is -0.333 e. The summed E-state index contributed by atoms with van der Waals surface area (Å²) in [5.41, 5.74) is 3.44. The van der Waals surface area contributed by atoms with E-state index in [9.17, 15) is 0 Å². The van der Waals surface area contributed by atoms with Gasteiger partial charge in [0, 0.05) is 11.8 Å². The van der Waals surface area contributed by atoms with Crippen LogP contribution in [-0.4, -0.2) is 28.3 Å². The maximum Gasteiger partial charge on any atom is 0.166 e. The van der Waals surface area contributed by atoms with Crippen molar-refractivity contribution in [2.45, 2.75) is 32.0 Å². The number of aromatic nitrogens is 2. The highest BCUT2D eigenvalue weighted by Gasteiger charge is 2.06. The van der Waals surface area contributed by atoms with E-state index in [0.717, 1.165) is 28.5 Å². The molecular formula is C13H19N3S. The Labute approximate surface area is 106 Å². The summed E-state index contributed by atoms with van der Waals surface area (Å²) in [6, 6.07) is 6.82. The third-order valence-corrected chi connectivity index (χ3v) is 3.77. The molecule has 1 aromatic heterocycles. The molecule has 0 spiro atoms.